The molecule has 2 heterocycles. The van der Waals surface area contributed by atoms with Gasteiger partial charge in [-0.05, 0) is 104 Å². The molecule has 0 aliphatic heterocycles. The van der Waals surface area contributed by atoms with Crippen molar-refractivity contribution < 1.29 is 13.6 Å². The van der Waals surface area contributed by atoms with E-state index in [4.69, 9.17) is 8.85 Å². The van der Waals surface area contributed by atoms with Gasteiger partial charge in [-0.1, -0.05) is 132 Å². The van der Waals surface area contributed by atoms with Gasteiger partial charge in [-0.25, -0.2) is 0 Å². The maximum atomic E-state index is 15.1. The van der Waals surface area contributed by atoms with Crippen LogP contribution in [-0.4, -0.2) is 32.4 Å². The van der Waals surface area contributed by atoms with Gasteiger partial charge in [0.1, 0.15) is 5.78 Å². The third-order valence-corrected chi connectivity index (χ3v) is 24.3. The molecule has 0 N–H and O–H groups in total. The first-order chi connectivity index (χ1) is 25.6. The SMILES string of the molecule is CC(C)[Si](OCc1ccc(C(Cc2ccncc2)C(=O)C(Cc2ccncc2)c2ccc(CO[Si](C(C)C)(C(C)C)C(C)C)cc2)cc1)(C(C)C)C(C)C. The van der Waals surface area contributed by atoms with Crippen LogP contribution in [0, 0.1) is 0 Å². The third-order valence-electron chi connectivity index (χ3n) is 12.2. The minimum absolute atomic E-state index is 0.216. The van der Waals surface area contributed by atoms with Crippen molar-refractivity contribution in [1.29, 1.82) is 0 Å². The summed E-state index contributed by atoms with van der Waals surface area (Å²) in [5.74, 6) is -0.446. The first-order valence-electron chi connectivity index (χ1n) is 20.4. The summed E-state index contributed by atoms with van der Waals surface area (Å²) in [5.41, 5.74) is 9.69. The number of hydrogen-bond acceptors (Lipinski definition) is 5. The quantitative estimate of drug-likeness (QED) is 0.0839. The van der Waals surface area contributed by atoms with Crippen molar-refractivity contribution in [3.05, 3.63) is 131 Å². The molecule has 2 aromatic carbocycles. The van der Waals surface area contributed by atoms with E-state index in [9.17, 15) is 0 Å². The Morgan fingerprint density at radius 2 is 0.722 bits per heavy atom. The lowest BCUT2D eigenvalue weighted by Gasteiger charge is -2.42. The van der Waals surface area contributed by atoms with Gasteiger partial charge in [0.05, 0.1) is 13.2 Å². The highest BCUT2D eigenvalue weighted by molar-refractivity contribution is 6.78. The van der Waals surface area contributed by atoms with Crippen LogP contribution in [0.15, 0.2) is 97.6 Å². The van der Waals surface area contributed by atoms with Gasteiger partial charge in [0.25, 0.3) is 0 Å². The number of carbonyl (C=O) groups excluding carboxylic acids is 1. The largest absolute Gasteiger partial charge is 0.412 e. The maximum Gasteiger partial charge on any atom is 0.200 e. The molecule has 0 spiro atoms. The van der Waals surface area contributed by atoms with E-state index in [-0.39, 0.29) is 17.6 Å². The Hall–Kier alpha value is -3.24. The zero-order valence-corrected chi connectivity index (χ0v) is 37.3. The van der Waals surface area contributed by atoms with Crippen LogP contribution in [0.2, 0.25) is 33.2 Å². The lowest BCUT2D eigenvalue weighted by atomic mass is 9.78. The van der Waals surface area contributed by atoms with Gasteiger partial charge >= 0.3 is 0 Å². The highest BCUT2D eigenvalue weighted by Gasteiger charge is 2.46. The van der Waals surface area contributed by atoms with Crippen molar-refractivity contribution in [2.24, 2.45) is 0 Å². The number of hydrogen-bond donors (Lipinski definition) is 0. The number of nitrogens with zero attached hydrogens (tertiary/aromatic N) is 2. The number of benzene rings is 2. The predicted molar refractivity (Wildman–Crippen MR) is 231 cm³/mol. The van der Waals surface area contributed by atoms with Gasteiger partial charge in [-0.15, -0.1) is 0 Å². The topological polar surface area (TPSA) is 61.3 Å². The second-order valence-electron chi connectivity index (χ2n) is 17.3. The molecule has 2 atom stereocenters. The molecule has 7 heteroatoms. The summed E-state index contributed by atoms with van der Waals surface area (Å²) < 4.78 is 13.9. The number of ketones is 1. The molecular weight excluding hydrogens is 697 g/mol. The molecule has 0 aliphatic rings. The molecule has 0 amide bonds. The van der Waals surface area contributed by atoms with Crippen LogP contribution in [0.4, 0.5) is 0 Å². The van der Waals surface area contributed by atoms with Crippen LogP contribution in [0.25, 0.3) is 0 Å². The zero-order chi connectivity index (χ0) is 39.6. The lowest BCUT2D eigenvalue weighted by Crippen LogP contribution is -2.47. The molecule has 0 radical (unpaired) electrons. The molecular formula is C47H68N2O3Si2. The fourth-order valence-electron chi connectivity index (χ4n) is 9.63. The third kappa shape index (κ3) is 10.1. The maximum absolute atomic E-state index is 15.1. The summed E-state index contributed by atoms with van der Waals surface area (Å²) in [6.45, 7) is 29.1. The first-order valence-corrected chi connectivity index (χ1v) is 24.7. The van der Waals surface area contributed by atoms with Crippen LogP contribution in [0.5, 0.6) is 0 Å². The van der Waals surface area contributed by atoms with Crippen molar-refractivity contribution in [1.82, 2.24) is 9.97 Å². The Morgan fingerprint density at radius 3 is 0.981 bits per heavy atom. The molecule has 4 rings (SSSR count). The monoisotopic (exact) mass is 764 g/mol. The average molecular weight is 765 g/mol. The highest BCUT2D eigenvalue weighted by Crippen LogP contribution is 2.44. The summed E-state index contributed by atoms with van der Waals surface area (Å²) in [4.78, 5) is 23.6. The number of carbonyl (C=O) groups is 1. The molecule has 4 aromatic rings. The Morgan fingerprint density at radius 1 is 0.444 bits per heavy atom. The predicted octanol–water partition coefficient (Wildman–Crippen LogP) is 12.8. The second kappa shape index (κ2) is 19.6. The van der Waals surface area contributed by atoms with Crippen molar-refractivity contribution in [3.8, 4) is 0 Å². The molecule has 5 nitrogen and oxygen atoms in total. The van der Waals surface area contributed by atoms with Gasteiger partial charge in [0.15, 0.2) is 0 Å². The number of rotatable bonds is 20. The zero-order valence-electron chi connectivity index (χ0n) is 35.3. The fraction of sp³-hybridized carbons (Fsp3) is 0.511. The molecule has 0 fully saturated rings. The van der Waals surface area contributed by atoms with Crippen LogP contribution in [0.1, 0.15) is 128 Å². The average Bonchev–Trinajstić information content (AvgIpc) is 3.14. The second-order valence-corrected chi connectivity index (χ2v) is 28.2. The summed E-state index contributed by atoms with van der Waals surface area (Å²) in [5, 5.41) is 0. The van der Waals surface area contributed by atoms with Crippen LogP contribution in [0.3, 0.4) is 0 Å². The van der Waals surface area contributed by atoms with Crippen LogP contribution >= 0.6 is 0 Å². The normalized spacial score (nSPS) is 13.8. The fourth-order valence-corrected chi connectivity index (χ4v) is 20.5. The first kappa shape index (κ1) is 43.5. The van der Waals surface area contributed by atoms with Crippen molar-refractivity contribution in [2.45, 2.75) is 154 Å². The van der Waals surface area contributed by atoms with Crippen molar-refractivity contribution >= 4 is 22.4 Å². The van der Waals surface area contributed by atoms with E-state index in [1.54, 1.807) is 0 Å². The summed E-state index contributed by atoms with van der Waals surface area (Å²) >= 11 is 0. The highest BCUT2D eigenvalue weighted by atomic mass is 28.4. The minimum Gasteiger partial charge on any atom is -0.412 e. The van der Waals surface area contributed by atoms with Gasteiger partial charge < -0.3 is 8.85 Å². The molecule has 0 aliphatic carbocycles. The van der Waals surface area contributed by atoms with E-state index in [0.29, 0.717) is 59.3 Å². The molecule has 0 saturated carbocycles. The summed E-state index contributed by atoms with van der Waals surface area (Å²) in [7, 11) is -4.02. The molecule has 2 unspecified atom stereocenters. The number of aromatic nitrogens is 2. The molecule has 2 aromatic heterocycles. The van der Waals surface area contributed by atoms with Crippen molar-refractivity contribution in [2.75, 3.05) is 0 Å². The van der Waals surface area contributed by atoms with Crippen LogP contribution in [-0.2, 0) is 39.7 Å². The Labute approximate surface area is 330 Å². The van der Waals surface area contributed by atoms with E-state index >= 15 is 4.79 Å². The van der Waals surface area contributed by atoms with Crippen molar-refractivity contribution in [3.63, 3.8) is 0 Å². The molecule has 292 valence electrons. The summed E-state index contributed by atoms with van der Waals surface area (Å²) in [6.07, 6.45) is 8.47. The van der Waals surface area contributed by atoms with E-state index in [2.05, 4.69) is 142 Å². The van der Waals surface area contributed by atoms with E-state index in [1.165, 1.54) is 0 Å². The molecule has 54 heavy (non-hydrogen) atoms. The van der Waals surface area contributed by atoms with Gasteiger partial charge in [0, 0.05) is 36.6 Å². The number of Topliss-reactive ketones (excluding diaryl/α,β-unsaturated/α-hetero) is 1. The van der Waals surface area contributed by atoms with Gasteiger partial charge in [-0.3, -0.25) is 14.8 Å². The van der Waals surface area contributed by atoms with E-state index < -0.39 is 16.6 Å². The summed E-state index contributed by atoms with van der Waals surface area (Å²) in [6, 6.07) is 25.4. The minimum atomic E-state index is -2.01. The lowest BCUT2D eigenvalue weighted by molar-refractivity contribution is -0.122. The van der Waals surface area contributed by atoms with E-state index in [1.807, 2.05) is 49.1 Å². The van der Waals surface area contributed by atoms with Gasteiger partial charge in [0.2, 0.25) is 16.6 Å². The standard InChI is InChI=1S/C47H68N2O3Si2/c1-33(2)53(34(3)4,35(5)6)51-31-41-13-17-43(18-14-41)45(29-39-21-25-48-26-22-39)47(50)46(30-40-23-27-49-28-24-40)44-19-15-42(16-20-44)32-52-54(36(7)8,37(9)10)38(11)12/h13-28,33-38,45-46H,29-32H2,1-12H3. The smallest absolute Gasteiger partial charge is 0.200 e. The Balaban J connectivity index is 1.67. The van der Waals surface area contributed by atoms with Gasteiger partial charge in [-0.2, -0.15) is 0 Å². The molecule has 0 bridgehead atoms. The number of pyridine rings is 2. The van der Waals surface area contributed by atoms with Crippen LogP contribution < -0.4 is 0 Å². The molecule has 0 saturated heterocycles. The Kier molecular flexibility index (Phi) is 15.8. The van der Waals surface area contributed by atoms with E-state index in [0.717, 1.165) is 33.4 Å². The Bertz CT molecular complexity index is 1540.